The fourth-order valence-corrected chi connectivity index (χ4v) is 6.39. The minimum atomic E-state index is 0.0618. The van der Waals surface area contributed by atoms with Gasteiger partial charge < -0.3 is 10.2 Å². The number of likely N-dealkylation sites (tertiary alicyclic amines) is 1. The summed E-state index contributed by atoms with van der Waals surface area (Å²) < 4.78 is 0. The number of hydrogen-bond acceptors (Lipinski definition) is 2. The lowest BCUT2D eigenvalue weighted by molar-refractivity contribution is -0.128. The Kier molecular flexibility index (Phi) is 4.02. The lowest BCUT2D eigenvalue weighted by Gasteiger charge is -2.32. The number of nitrogens with zero attached hydrogens (tertiary/aromatic N) is 1. The first kappa shape index (κ1) is 16.3. The molecule has 5 rings (SSSR count). The number of hydrogen-bond donors (Lipinski definition) is 1. The van der Waals surface area contributed by atoms with Gasteiger partial charge in [-0.05, 0) is 73.5 Å². The van der Waals surface area contributed by atoms with E-state index in [1.807, 2.05) is 29.2 Å². The molecule has 5 atom stereocenters. The first-order valence-corrected chi connectivity index (χ1v) is 10.4. The van der Waals surface area contributed by atoms with Crippen LogP contribution < -0.4 is 5.32 Å². The van der Waals surface area contributed by atoms with Crippen LogP contribution in [0, 0.1) is 23.7 Å². The zero-order valence-corrected chi connectivity index (χ0v) is 15.3. The highest BCUT2D eigenvalue weighted by molar-refractivity contribution is 5.94. The summed E-state index contributed by atoms with van der Waals surface area (Å²) in [5.74, 6) is 3.67. The normalized spacial score (nSPS) is 35.2. The minimum Gasteiger partial charge on any atom is -0.349 e. The molecule has 4 heteroatoms. The van der Waals surface area contributed by atoms with Gasteiger partial charge in [0, 0.05) is 31.1 Å². The van der Waals surface area contributed by atoms with Crippen LogP contribution in [0.2, 0.25) is 0 Å². The lowest BCUT2D eigenvalue weighted by atomic mass is 9.79. The molecule has 0 unspecified atom stereocenters. The summed E-state index contributed by atoms with van der Waals surface area (Å²) in [7, 11) is 0. The first-order chi connectivity index (χ1) is 12.7. The van der Waals surface area contributed by atoms with Gasteiger partial charge in [-0.2, -0.15) is 0 Å². The van der Waals surface area contributed by atoms with Crippen LogP contribution in [0.3, 0.4) is 0 Å². The SMILES string of the molecule is O=C(N[C@@H]1C[C@H]2C[C@H]1[C@H]1CCC[C@@H]21)c1cccc(CN2CCCC2=O)c1. The second-order valence-corrected chi connectivity index (χ2v) is 8.85. The molecule has 4 nitrogen and oxygen atoms in total. The van der Waals surface area contributed by atoms with Crippen molar-refractivity contribution in [2.24, 2.45) is 23.7 Å². The highest BCUT2D eigenvalue weighted by atomic mass is 16.2. The van der Waals surface area contributed by atoms with Crippen LogP contribution >= 0.6 is 0 Å². The van der Waals surface area contributed by atoms with Crippen LogP contribution in [-0.4, -0.2) is 29.3 Å². The molecule has 138 valence electrons. The van der Waals surface area contributed by atoms with Crippen molar-refractivity contribution in [2.75, 3.05) is 6.54 Å². The molecule has 1 saturated heterocycles. The van der Waals surface area contributed by atoms with Crippen LogP contribution in [-0.2, 0) is 11.3 Å². The Hall–Kier alpha value is -1.84. The second kappa shape index (κ2) is 6.40. The topological polar surface area (TPSA) is 49.4 Å². The molecule has 1 aliphatic heterocycles. The minimum absolute atomic E-state index is 0.0618. The van der Waals surface area contributed by atoms with Gasteiger partial charge >= 0.3 is 0 Å². The Balaban J connectivity index is 1.25. The summed E-state index contributed by atoms with van der Waals surface area (Å²) >= 11 is 0. The molecular formula is C22H28N2O2. The average Bonchev–Trinajstić information content (AvgIpc) is 3.39. The van der Waals surface area contributed by atoms with Crippen molar-refractivity contribution in [1.82, 2.24) is 10.2 Å². The Morgan fingerprint density at radius 3 is 2.85 bits per heavy atom. The molecule has 2 amide bonds. The van der Waals surface area contributed by atoms with Gasteiger partial charge in [0.05, 0.1) is 0 Å². The number of fused-ring (bicyclic) bond motifs is 5. The predicted molar refractivity (Wildman–Crippen MR) is 99.4 cm³/mol. The third-order valence-electron chi connectivity index (χ3n) is 7.48. The van der Waals surface area contributed by atoms with E-state index >= 15 is 0 Å². The fourth-order valence-electron chi connectivity index (χ4n) is 6.39. The van der Waals surface area contributed by atoms with Crippen molar-refractivity contribution in [3.63, 3.8) is 0 Å². The summed E-state index contributed by atoms with van der Waals surface area (Å²) in [4.78, 5) is 26.6. The van der Waals surface area contributed by atoms with Gasteiger partial charge in [0.25, 0.3) is 5.91 Å². The fraction of sp³-hybridized carbons (Fsp3) is 0.636. The smallest absolute Gasteiger partial charge is 0.251 e. The lowest BCUT2D eigenvalue weighted by Crippen LogP contribution is -2.42. The number of benzene rings is 1. The van der Waals surface area contributed by atoms with Crippen molar-refractivity contribution < 1.29 is 9.59 Å². The summed E-state index contributed by atoms with van der Waals surface area (Å²) in [6.45, 7) is 1.46. The quantitative estimate of drug-likeness (QED) is 0.903. The monoisotopic (exact) mass is 352 g/mol. The molecule has 3 aliphatic carbocycles. The van der Waals surface area contributed by atoms with Crippen molar-refractivity contribution in [2.45, 2.75) is 57.5 Å². The van der Waals surface area contributed by atoms with Crippen LogP contribution in [0.25, 0.3) is 0 Å². The molecule has 0 spiro atoms. The molecule has 26 heavy (non-hydrogen) atoms. The maximum absolute atomic E-state index is 12.8. The van der Waals surface area contributed by atoms with Crippen molar-refractivity contribution in [1.29, 1.82) is 0 Å². The summed E-state index contributed by atoms with van der Waals surface area (Å²) in [6.07, 6.45) is 8.30. The third-order valence-corrected chi connectivity index (χ3v) is 7.48. The number of nitrogens with one attached hydrogen (secondary N) is 1. The van der Waals surface area contributed by atoms with E-state index in [2.05, 4.69) is 5.32 Å². The van der Waals surface area contributed by atoms with E-state index in [0.717, 1.165) is 41.8 Å². The number of carbonyl (C=O) groups is 2. The van der Waals surface area contributed by atoms with E-state index in [0.29, 0.717) is 24.9 Å². The van der Waals surface area contributed by atoms with E-state index < -0.39 is 0 Å². The van der Waals surface area contributed by atoms with E-state index in [-0.39, 0.29) is 11.8 Å². The summed E-state index contributed by atoms with van der Waals surface area (Å²) in [5.41, 5.74) is 1.79. The highest BCUT2D eigenvalue weighted by Crippen LogP contribution is 2.58. The number of amides is 2. The van der Waals surface area contributed by atoms with Crippen LogP contribution in [0.1, 0.15) is 60.9 Å². The van der Waals surface area contributed by atoms with Gasteiger partial charge in [-0.25, -0.2) is 0 Å². The molecule has 0 radical (unpaired) electrons. The van der Waals surface area contributed by atoms with Gasteiger partial charge in [-0.15, -0.1) is 0 Å². The standard InChI is InChI=1S/C22H28N2O2/c25-21-8-3-9-24(21)13-14-4-1-5-15(10-14)22(26)23-20-12-16-11-19(20)18-7-2-6-17(16)18/h1,4-5,10,16-20H,2-3,6-9,11-13H2,(H,23,26)/t16-,17+,18+,19+,20-/m1/s1. The largest absolute Gasteiger partial charge is 0.349 e. The number of rotatable bonds is 4. The van der Waals surface area contributed by atoms with Crippen molar-refractivity contribution >= 4 is 11.8 Å². The average molecular weight is 352 g/mol. The van der Waals surface area contributed by atoms with Crippen LogP contribution in [0.5, 0.6) is 0 Å². The van der Waals surface area contributed by atoms with E-state index in [1.54, 1.807) is 0 Å². The molecule has 1 aromatic rings. The Morgan fingerprint density at radius 1 is 1.12 bits per heavy atom. The molecule has 4 fully saturated rings. The molecule has 1 aromatic carbocycles. The third kappa shape index (κ3) is 2.74. The van der Waals surface area contributed by atoms with Crippen LogP contribution in [0.4, 0.5) is 0 Å². The molecule has 1 N–H and O–H groups in total. The van der Waals surface area contributed by atoms with Crippen LogP contribution in [0.15, 0.2) is 24.3 Å². The highest BCUT2D eigenvalue weighted by Gasteiger charge is 2.54. The van der Waals surface area contributed by atoms with Gasteiger partial charge in [0.1, 0.15) is 0 Å². The maximum atomic E-state index is 12.8. The maximum Gasteiger partial charge on any atom is 0.251 e. The summed E-state index contributed by atoms with van der Waals surface area (Å²) in [5, 5.41) is 3.35. The van der Waals surface area contributed by atoms with Crippen molar-refractivity contribution in [3.05, 3.63) is 35.4 Å². The predicted octanol–water partition coefficient (Wildman–Crippen LogP) is 3.36. The first-order valence-electron chi connectivity index (χ1n) is 10.4. The molecule has 3 saturated carbocycles. The molecular weight excluding hydrogens is 324 g/mol. The Bertz CT molecular complexity index is 731. The molecule has 1 heterocycles. The summed E-state index contributed by atoms with van der Waals surface area (Å²) in [6, 6.07) is 8.19. The van der Waals surface area contributed by atoms with Gasteiger partial charge in [-0.3, -0.25) is 9.59 Å². The van der Waals surface area contributed by atoms with E-state index in [1.165, 1.54) is 32.1 Å². The molecule has 2 bridgehead atoms. The Morgan fingerprint density at radius 2 is 2.00 bits per heavy atom. The van der Waals surface area contributed by atoms with Gasteiger partial charge in [0.15, 0.2) is 0 Å². The second-order valence-electron chi connectivity index (χ2n) is 8.85. The number of carbonyl (C=O) groups excluding carboxylic acids is 2. The van der Waals surface area contributed by atoms with E-state index in [9.17, 15) is 9.59 Å². The van der Waals surface area contributed by atoms with Gasteiger partial charge in [0.2, 0.25) is 5.91 Å². The zero-order valence-electron chi connectivity index (χ0n) is 15.3. The van der Waals surface area contributed by atoms with Gasteiger partial charge in [-0.1, -0.05) is 18.6 Å². The van der Waals surface area contributed by atoms with Crippen molar-refractivity contribution in [3.8, 4) is 0 Å². The Labute approximate surface area is 155 Å². The zero-order chi connectivity index (χ0) is 17.7. The molecule has 0 aromatic heterocycles. The van der Waals surface area contributed by atoms with E-state index in [4.69, 9.17) is 0 Å². The molecule has 4 aliphatic rings.